The van der Waals surface area contributed by atoms with Crippen molar-refractivity contribution < 1.29 is 13.2 Å². The number of fused-ring (bicyclic) bond motifs is 1. The highest BCUT2D eigenvalue weighted by Crippen LogP contribution is 2.29. The number of nitrogens with zero attached hydrogens (tertiary/aromatic N) is 3. The first kappa shape index (κ1) is 19.6. The molecule has 1 aliphatic heterocycles. The van der Waals surface area contributed by atoms with Gasteiger partial charge in [-0.2, -0.15) is 4.31 Å². The Morgan fingerprint density at radius 3 is 2.50 bits per heavy atom. The van der Waals surface area contributed by atoms with Gasteiger partial charge in [0, 0.05) is 38.6 Å². The van der Waals surface area contributed by atoms with Crippen molar-refractivity contribution in [1.29, 1.82) is 0 Å². The van der Waals surface area contributed by atoms with Crippen LogP contribution in [0.2, 0.25) is 0 Å². The molecule has 0 N–H and O–H groups in total. The van der Waals surface area contributed by atoms with Gasteiger partial charge in [-0.05, 0) is 37.5 Å². The molecule has 0 atom stereocenters. The molecule has 0 radical (unpaired) electrons. The Hall–Kier alpha value is -1.71. The zero-order chi connectivity index (χ0) is 19.9. The third kappa shape index (κ3) is 3.40. The maximum absolute atomic E-state index is 13.1. The van der Waals surface area contributed by atoms with Gasteiger partial charge in [0.1, 0.15) is 0 Å². The quantitative estimate of drug-likeness (QED) is 0.738. The van der Waals surface area contributed by atoms with Crippen molar-refractivity contribution in [2.24, 2.45) is 5.92 Å². The van der Waals surface area contributed by atoms with E-state index in [1.54, 1.807) is 27.7 Å². The van der Waals surface area contributed by atoms with Gasteiger partial charge in [0.15, 0.2) is 0 Å². The third-order valence-electron chi connectivity index (χ3n) is 5.73. The second-order valence-electron chi connectivity index (χ2n) is 7.51. The number of hydrogen-bond donors (Lipinski definition) is 0. The minimum atomic E-state index is -3.64. The third-order valence-corrected chi connectivity index (χ3v) is 8.57. The molecule has 0 bridgehead atoms. The van der Waals surface area contributed by atoms with Crippen molar-refractivity contribution in [2.45, 2.75) is 44.0 Å². The lowest BCUT2D eigenvalue weighted by molar-refractivity contribution is -0.139. The van der Waals surface area contributed by atoms with Gasteiger partial charge >= 0.3 is 4.87 Å². The van der Waals surface area contributed by atoms with Crippen molar-refractivity contribution in [3.8, 4) is 0 Å². The van der Waals surface area contributed by atoms with Crippen molar-refractivity contribution in [3.05, 3.63) is 27.9 Å². The average molecular weight is 424 g/mol. The number of carbonyl (C=O) groups excluding carboxylic acids is 1. The van der Waals surface area contributed by atoms with Crippen LogP contribution in [0.5, 0.6) is 0 Å². The largest absolute Gasteiger partial charge is 0.340 e. The molecule has 0 unspecified atom stereocenters. The molecule has 1 aromatic carbocycles. The van der Waals surface area contributed by atoms with Crippen LogP contribution < -0.4 is 4.87 Å². The minimum Gasteiger partial charge on any atom is -0.340 e. The Bertz CT molecular complexity index is 1040. The van der Waals surface area contributed by atoms with E-state index in [1.165, 1.54) is 4.31 Å². The number of sulfonamides is 1. The molecular weight excluding hydrogens is 398 g/mol. The number of rotatable bonds is 5. The molecule has 1 aliphatic carbocycles. The van der Waals surface area contributed by atoms with Gasteiger partial charge in [0.2, 0.25) is 15.9 Å². The molecule has 28 heavy (non-hydrogen) atoms. The molecule has 2 aliphatic rings. The molecule has 2 aromatic rings. The number of carbonyl (C=O) groups is 1. The predicted octanol–water partition coefficient (Wildman–Crippen LogP) is 2.11. The van der Waals surface area contributed by atoms with Crippen LogP contribution in [0.1, 0.15) is 32.6 Å². The lowest BCUT2D eigenvalue weighted by Crippen LogP contribution is -2.52. The number of hydrogen-bond acceptors (Lipinski definition) is 5. The summed E-state index contributed by atoms with van der Waals surface area (Å²) in [6.07, 6.45) is 3.87. The van der Waals surface area contributed by atoms with Crippen LogP contribution in [-0.2, 0) is 21.4 Å². The summed E-state index contributed by atoms with van der Waals surface area (Å²) in [5.41, 5.74) is 0.784. The van der Waals surface area contributed by atoms with Gasteiger partial charge in [0.25, 0.3) is 0 Å². The van der Waals surface area contributed by atoms with E-state index < -0.39 is 10.0 Å². The van der Waals surface area contributed by atoms with Crippen LogP contribution in [0.4, 0.5) is 0 Å². The number of thiazole rings is 1. The normalized spacial score (nSPS) is 19.1. The molecule has 1 saturated heterocycles. The summed E-state index contributed by atoms with van der Waals surface area (Å²) < 4.78 is 30.0. The number of amides is 1. The topological polar surface area (TPSA) is 79.7 Å². The first-order chi connectivity index (χ1) is 13.4. The summed E-state index contributed by atoms with van der Waals surface area (Å²) in [6, 6.07) is 4.92. The second kappa shape index (κ2) is 7.61. The fourth-order valence-electron chi connectivity index (χ4n) is 3.85. The van der Waals surface area contributed by atoms with E-state index in [4.69, 9.17) is 0 Å². The molecule has 2 fully saturated rings. The maximum Gasteiger partial charge on any atom is 0.308 e. The van der Waals surface area contributed by atoms with Gasteiger partial charge in [-0.25, -0.2) is 8.42 Å². The van der Waals surface area contributed by atoms with Crippen molar-refractivity contribution >= 4 is 37.5 Å². The number of piperazine rings is 1. The van der Waals surface area contributed by atoms with Gasteiger partial charge in [-0.3, -0.25) is 14.2 Å². The summed E-state index contributed by atoms with van der Waals surface area (Å²) in [5, 5.41) is 0. The van der Waals surface area contributed by atoms with Crippen LogP contribution in [0.3, 0.4) is 0 Å². The predicted molar refractivity (Wildman–Crippen MR) is 109 cm³/mol. The lowest BCUT2D eigenvalue weighted by Gasteiger charge is -2.37. The Kier molecular flexibility index (Phi) is 5.32. The van der Waals surface area contributed by atoms with Crippen LogP contribution in [-0.4, -0.2) is 54.3 Å². The molecule has 1 amide bonds. The molecule has 7 nitrogen and oxygen atoms in total. The smallest absolute Gasteiger partial charge is 0.308 e. The van der Waals surface area contributed by atoms with Gasteiger partial charge in [0.05, 0.1) is 15.1 Å². The van der Waals surface area contributed by atoms with E-state index in [9.17, 15) is 18.0 Å². The Balaban J connectivity index is 1.52. The zero-order valence-electron chi connectivity index (χ0n) is 16.0. The van der Waals surface area contributed by atoms with Crippen LogP contribution in [0.25, 0.3) is 10.2 Å². The molecule has 2 heterocycles. The Labute approximate surface area is 168 Å². The van der Waals surface area contributed by atoms with E-state index in [1.807, 2.05) is 6.92 Å². The SMILES string of the molecule is CCCn1c(=O)sc2cc(S(=O)(=O)N3CCN(C(=O)C4CCC4)CC3)ccc21. The standard InChI is InChI=1S/C19H25N3O4S2/c1-2-8-22-16-7-6-15(13-17(16)27-19(22)24)28(25,26)21-11-9-20(10-12-21)18(23)14-4-3-5-14/h6-7,13-14H,2-5,8-12H2,1H3. The monoisotopic (exact) mass is 423 g/mol. The van der Waals surface area contributed by atoms with E-state index >= 15 is 0 Å². The molecule has 152 valence electrons. The fraction of sp³-hybridized carbons (Fsp3) is 0.579. The van der Waals surface area contributed by atoms with Gasteiger partial charge in [-0.1, -0.05) is 24.7 Å². The fourth-order valence-corrected chi connectivity index (χ4v) is 6.33. The van der Waals surface area contributed by atoms with E-state index in [0.717, 1.165) is 42.5 Å². The molecule has 1 saturated carbocycles. The summed E-state index contributed by atoms with van der Waals surface area (Å²) in [4.78, 5) is 26.5. The summed E-state index contributed by atoms with van der Waals surface area (Å²) in [7, 11) is -3.64. The summed E-state index contributed by atoms with van der Waals surface area (Å²) in [6.45, 7) is 4.14. The second-order valence-corrected chi connectivity index (χ2v) is 10.4. The Morgan fingerprint density at radius 2 is 1.89 bits per heavy atom. The highest BCUT2D eigenvalue weighted by atomic mass is 32.2. The van der Waals surface area contributed by atoms with Gasteiger partial charge < -0.3 is 4.90 Å². The van der Waals surface area contributed by atoms with Crippen molar-refractivity contribution in [2.75, 3.05) is 26.2 Å². The molecule has 1 aromatic heterocycles. The molecule has 0 spiro atoms. The maximum atomic E-state index is 13.1. The van der Waals surface area contributed by atoms with Crippen LogP contribution in [0.15, 0.2) is 27.9 Å². The zero-order valence-corrected chi connectivity index (χ0v) is 17.6. The van der Waals surface area contributed by atoms with E-state index in [-0.39, 0.29) is 21.6 Å². The van der Waals surface area contributed by atoms with Crippen molar-refractivity contribution in [3.63, 3.8) is 0 Å². The summed E-state index contributed by atoms with van der Waals surface area (Å²) in [5.74, 6) is 0.312. The van der Waals surface area contributed by atoms with E-state index in [0.29, 0.717) is 37.4 Å². The lowest BCUT2D eigenvalue weighted by atomic mass is 9.84. The molecule has 4 rings (SSSR count). The molecular formula is C19H25N3O4S2. The minimum absolute atomic E-state index is 0.0606. The number of benzene rings is 1. The number of aromatic nitrogens is 1. The highest BCUT2D eigenvalue weighted by molar-refractivity contribution is 7.89. The first-order valence-corrected chi connectivity index (χ1v) is 12.1. The van der Waals surface area contributed by atoms with Crippen molar-refractivity contribution in [1.82, 2.24) is 13.8 Å². The van der Waals surface area contributed by atoms with E-state index in [2.05, 4.69) is 0 Å². The first-order valence-electron chi connectivity index (χ1n) is 9.84. The highest BCUT2D eigenvalue weighted by Gasteiger charge is 2.34. The van der Waals surface area contributed by atoms with Crippen LogP contribution in [0, 0.1) is 5.92 Å². The van der Waals surface area contributed by atoms with Crippen LogP contribution >= 0.6 is 11.3 Å². The summed E-state index contributed by atoms with van der Waals surface area (Å²) >= 11 is 1.08. The number of aryl methyl sites for hydroxylation is 1. The van der Waals surface area contributed by atoms with Gasteiger partial charge in [-0.15, -0.1) is 0 Å². The Morgan fingerprint density at radius 1 is 1.18 bits per heavy atom. The molecule has 9 heteroatoms. The average Bonchev–Trinajstić information content (AvgIpc) is 2.95.